The van der Waals surface area contributed by atoms with E-state index < -0.39 is 15.5 Å². The lowest BCUT2D eigenvalue weighted by molar-refractivity contribution is -0.393. The van der Waals surface area contributed by atoms with Gasteiger partial charge in [0, 0.05) is 6.07 Å². The van der Waals surface area contributed by atoms with Gasteiger partial charge in [-0.2, -0.15) is 5.10 Å². The summed E-state index contributed by atoms with van der Waals surface area (Å²) in [6.45, 7) is 1.73. The molecule has 2 rings (SSSR count). The Morgan fingerprint density at radius 2 is 1.79 bits per heavy atom. The lowest BCUT2D eigenvalue weighted by atomic mass is 10.2. The number of hydrogen-bond acceptors (Lipinski definition) is 6. The molecule has 0 saturated carbocycles. The van der Waals surface area contributed by atoms with Crippen LogP contribution in [0.15, 0.2) is 59.7 Å². The normalized spacial score (nSPS) is 11.5. The molecule has 0 radical (unpaired) electrons. The predicted octanol–water partition coefficient (Wildman–Crippen LogP) is 4.00. The van der Waals surface area contributed by atoms with Gasteiger partial charge in [-0.15, -0.1) is 0 Å². The first kappa shape index (κ1) is 16.8. The van der Waals surface area contributed by atoms with Crippen molar-refractivity contribution in [3.05, 3.63) is 80.4 Å². The van der Waals surface area contributed by atoms with Gasteiger partial charge in [0.15, 0.2) is 0 Å². The monoisotopic (exact) mass is 326 g/mol. The highest BCUT2D eigenvalue weighted by Crippen LogP contribution is 2.28. The fourth-order valence-corrected chi connectivity index (χ4v) is 1.85. The van der Waals surface area contributed by atoms with Crippen LogP contribution in [0.5, 0.6) is 0 Å². The molecule has 0 spiro atoms. The maximum atomic E-state index is 11.0. The summed E-state index contributed by atoms with van der Waals surface area (Å²) in [6.07, 6.45) is 3.60. The zero-order valence-electron chi connectivity index (χ0n) is 12.7. The minimum Gasteiger partial charge on any atom is -0.271 e. The Kier molecular flexibility index (Phi) is 5.35. The molecule has 0 saturated heterocycles. The molecule has 8 heteroatoms. The molecule has 0 aliphatic carbocycles. The van der Waals surface area contributed by atoms with E-state index in [4.69, 9.17) is 0 Å². The van der Waals surface area contributed by atoms with Gasteiger partial charge in [0.2, 0.25) is 0 Å². The molecule has 0 unspecified atom stereocenters. The van der Waals surface area contributed by atoms with Gasteiger partial charge in [-0.3, -0.25) is 25.7 Å². The van der Waals surface area contributed by atoms with Crippen molar-refractivity contribution in [1.29, 1.82) is 0 Å². The highest BCUT2D eigenvalue weighted by Gasteiger charge is 2.19. The number of hydrogen-bond donors (Lipinski definition) is 1. The van der Waals surface area contributed by atoms with E-state index in [1.807, 2.05) is 36.4 Å². The number of allylic oxidation sites excluding steroid dienone is 1. The Morgan fingerprint density at radius 1 is 1.08 bits per heavy atom. The SMILES string of the molecule is CC(C=Cc1ccccc1)=NNc1ccc([N+](=O)[O-])cc1[N+](=O)[O-]. The Morgan fingerprint density at radius 3 is 2.42 bits per heavy atom. The second-order valence-corrected chi connectivity index (χ2v) is 4.82. The maximum Gasteiger partial charge on any atom is 0.301 e. The van der Waals surface area contributed by atoms with Crippen molar-refractivity contribution in [2.75, 3.05) is 5.43 Å². The number of benzene rings is 2. The molecule has 0 aliphatic rings. The quantitative estimate of drug-likeness (QED) is 0.490. The van der Waals surface area contributed by atoms with Crippen molar-refractivity contribution in [3.63, 3.8) is 0 Å². The minimum absolute atomic E-state index is 0.0815. The number of nitro groups is 2. The molecule has 0 bridgehead atoms. The molecule has 2 aromatic rings. The number of hydrazone groups is 1. The zero-order chi connectivity index (χ0) is 17.5. The molecule has 0 aromatic heterocycles. The van der Waals surface area contributed by atoms with Crippen LogP contribution in [0.2, 0.25) is 0 Å². The van der Waals surface area contributed by atoms with Crippen molar-refractivity contribution in [1.82, 2.24) is 0 Å². The van der Waals surface area contributed by atoms with Crippen LogP contribution in [-0.2, 0) is 0 Å². The summed E-state index contributed by atoms with van der Waals surface area (Å²) in [6, 6.07) is 12.9. The van der Waals surface area contributed by atoms with E-state index >= 15 is 0 Å². The summed E-state index contributed by atoms with van der Waals surface area (Å²) in [7, 11) is 0. The van der Waals surface area contributed by atoms with E-state index in [0.717, 1.165) is 11.6 Å². The Balaban J connectivity index is 2.17. The van der Waals surface area contributed by atoms with E-state index in [9.17, 15) is 20.2 Å². The molecule has 0 atom stereocenters. The third-order valence-corrected chi connectivity index (χ3v) is 3.06. The predicted molar refractivity (Wildman–Crippen MR) is 92.0 cm³/mol. The topological polar surface area (TPSA) is 111 Å². The molecule has 24 heavy (non-hydrogen) atoms. The fourth-order valence-electron chi connectivity index (χ4n) is 1.85. The van der Waals surface area contributed by atoms with Gasteiger partial charge in [-0.25, -0.2) is 0 Å². The van der Waals surface area contributed by atoms with Crippen LogP contribution >= 0.6 is 0 Å². The van der Waals surface area contributed by atoms with E-state index in [0.29, 0.717) is 5.71 Å². The Labute approximate surface area is 137 Å². The molecule has 1 N–H and O–H groups in total. The molecule has 0 amide bonds. The molecule has 0 aliphatic heterocycles. The van der Waals surface area contributed by atoms with Gasteiger partial charge < -0.3 is 0 Å². The van der Waals surface area contributed by atoms with Crippen LogP contribution in [-0.4, -0.2) is 15.6 Å². The highest BCUT2D eigenvalue weighted by atomic mass is 16.6. The summed E-state index contributed by atoms with van der Waals surface area (Å²) in [5, 5.41) is 25.8. The average molecular weight is 326 g/mol. The number of non-ortho nitro benzene ring substituents is 1. The van der Waals surface area contributed by atoms with Gasteiger partial charge in [-0.1, -0.05) is 36.4 Å². The summed E-state index contributed by atoms with van der Waals surface area (Å²) < 4.78 is 0. The average Bonchev–Trinajstić information content (AvgIpc) is 2.58. The molecule has 2 aromatic carbocycles. The number of rotatable bonds is 6. The summed E-state index contributed by atoms with van der Waals surface area (Å²) >= 11 is 0. The van der Waals surface area contributed by atoms with Crippen molar-refractivity contribution in [2.45, 2.75) is 6.92 Å². The third-order valence-electron chi connectivity index (χ3n) is 3.06. The van der Waals surface area contributed by atoms with Gasteiger partial charge in [0.25, 0.3) is 5.69 Å². The van der Waals surface area contributed by atoms with Crippen LogP contribution in [0.4, 0.5) is 17.1 Å². The largest absolute Gasteiger partial charge is 0.301 e. The second-order valence-electron chi connectivity index (χ2n) is 4.82. The molecule has 122 valence electrons. The molecular formula is C16H14N4O4. The zero-order valence-corrected chi connectivity index (χ0v) is 12.7. The van der Waals surface area contributed by atoms with Crippen molar-refractivity contribution >= 4 is 28.8 Å². The molecular weight excluding hydrogens is 312 g/mol. The van der Waals surface area contributed by atoms with E-state index in [2.05, 4.69) is 10.5 Å². The smallest absolute Gasteiger partial charge is 0.271 e. The van der Waals surface area contributed by atoms with Gasteiger partial charge in [0.05, 0.1) is 21.6 Å². The third kappa shape index (κ3) is 4.47. The van der Waals surface area contributed by atoms with E-state index in [-0.39, 0.29) is 11.4 Å². The van der Waals surface area contributed by atoms with Crippen LogP contribution in [0, 0.1) is 20.2 Å². The summed E-state index contributed by atoms with van der Waals surface area (Å²) in [5.41, 5.74) is 3.47. The lowest BCUT2D eigenvalue weighted by Crippen LogP contribution is -2.00. The van der Waals surface area contributed by atoms with Gasteiger partial charge in [-0.05, 0) is 24.6 Å². The van der Waals surface area contributed by atoms with Crippen LogP contribution in [0.3, 0.4) is 0 Å². The van der Waals surface area contributed by atoms with Crippen LogP contribution in [0.25, 0.3) is 6.08 Å². The first-order chi connectivity index (χ1) is 11.5. The van der Waals surface area contributed by atoms with Gasteiger partial charge in [0.1, 0.15) is 5.69 Å². The van der Waals surface area contributed by atoms with Gasteiger partial charge >= 0.3 is 5.69 Å². The first-order valence-corrected chi connectivity index (χ1v) is 6.93. The summed E-state index contributed by atoms with van der Waals surface area (Å²) in [5.74, 6) is 0. The Bertz CT molecular complexity index is 816. The van der Waals surface area contributed by atoms with E-state index in [1.54, 1.807) is 13.0 Å². The lowest BCUT2D eigenvalue weighted by Gasteiger charge is -2.02. The van der Waals surface area contributed by atoms with E-state index in [1.165, 1.54) is 12.1 Å². The standard InChI is InChI=1S/C16H14N4O4/c1-12(7-8-13-5-3-2-4-6-13)17-18-15-10-9-14(19(21)22)11-16(15)20(23)24/h2-11,18H,1H3. The van der Waals surface area contributed by atoms with Crippen molar-refractivity contribution < 1.29 is 9.85 Å². The molecule has 8 nitrogen and oxygen atoms in total. The molecule has 0 fully saturated rings. The number of nitrogens with one attached hydrogen (secondary N) is 1. The maximum absolute atomic E-state index is 11.0. The fraction of sp³-hybridized carbons (Fsp3) is 0.0625. The van der Waals surface area contributed by atoms with Crippen LogP contribution in [0.1, 0.15) is 12.5 Å². The van der Waals surface area contributed by atoms with Crippen molar-refractivity contribution in [2.24, 2.45) is 5.10 Å². The first-order valence-electron chi connectivity index (χ1n) is 6.93. The molecule has 0 heterocycles. The Hall–Kier alpha value is -3.55. The second kappa shape index (κ2) is 7.63. The van der Waals surface area contributed by atoms with Crippen LogP contribution < -0.4 is 5.43 Å². The summed E-state index contributed by atoms with van der Waals surface area (Å²) in [4.78, 5) is 20.4. The number of nitrogens with zero attached hydrogens (tertiary/aromatic N) is 3. The highest BCUT2D eigenvalue weighted by molar-refractivity contribution is 5.96. The minimum atomic E-state index is -0.694. The number of anilines is 1. The number of nitro benzene ring substituents is 2. The van der Waals surface area contributed by atoms with Crippen molar-refractivity contribution in [3.8, 4) is 0 Å².